The van der Waals surface area contributed by atoms with Crippen LogP contribution in [0.2, 0.25) is 0 Å². The average molecular weight is 471 g/mol. The van der Waals surface area contributed by atoms with Crippen molar-refractivity contribution in [1.82, 2.24) is 25.7 Å². The van der Waals surface area contributed by atoms with Crippen LogP contribution in [-0.2, 0) is 5.41 Å². The summed E-state index contributed by atoms with van der Waals surface area (Å²) in [7, 11) is 1.51. The Morgan fingerprint density at radius 3 is 2.38 bits per heavy atom. The molecule has 3 fully saturated rings. The summed E-state index contributed by atoms with van der Waals surface area (Å²) in [4.78, 5) is 17.1. The Morgan fingerprint density at radius 2 is 1.79 bits per heavy atom. The van der Waals surface area contributed by atoms with Crippen molar-refractivity contribution in [2.24, 2.45) is 5.41 Å². The van der Waals surface area contributed by atoms with Gasteiger partial charge in [0.2, 0.25) is 17.6 Å². The maximum Gasteiger partial charge on any atom is 0.251 e. The molecule has 178 valence electrons. The highest BCUT2D eigenvalue weighted by molar-refractivity contribution is 5.94. The van der Waals surface area contributed by atoms with Gasteiger partial charge in [0.05, 0.1) is 7.11 Å². The molecule has 3 aromatic rings. The van der Waals surface area contributed by atoms with Gasteiger partial charge in [-0.1, -0.05) is 5.16 Å². The average Bonchev–Trinajstić information content (AvgIpc) is 3.38. The molecule has 0 spiro atoms. The SMILES string of the molecule is COc1ccc(-c2noc(C34CCC(CNC(=O)c5cc(F)c(O)c(F)c5)(CC3)CC4)n2)nn1. The van der Waals surface area contributed by atoms with Gasteiger partial charge in [0.15, 0.2) is 17.4 Å². The molecule has 0 aliphatic heterocycles. The van der Waals surface area contributed by atoms with Gasteiger partial charge < -0.3 is 19.7 Å². The van der Waals surface area contributed by atoms with Crippen molar-refractivity contribution in [1.29, 1.82) is 0 Å². The van der Waals surface area contributed by atoms with Crippen LogP contribution in [0.5, 0.6) is 11.6 Å². The first-order valence-corrected chi connectivity index (χ1v) is 11.0. The van der Waals surface area contributed by atoms with E-state index < -0.39 is 23.3 Å². The number of aromatic nitrogens is 4. The summed E-state index contributed by atoms with van der Waals surface area (Å²) < 4.78 is 37.8. The van der Waals surface area contributed by atoms with Crippen molar-refractivity contribution in [3.05, 3.63) is 47.4 Å². The Labute approximate surface area is 193 Å². The number of aromatic hydroxyl groups is 1. The lowest BCUT2D eigenvalue weighted by Crippen LogP contribution is -2.49. The minimum Gasteiger partial charge on any atom is -0.503 e. The van der Waals surface area contributed by atoms with Crippen LogP contribution >= 0.6 is 0 Å². The third-order valence-corrected chi connectivity index (χ3v) is 7.26. The van der Waals surface area contributed by atoms with E-state index in [1.165, 1.54) is 7.11 Å². The minimum atomic E-state index is -1.16. The van der Waals surface area contributed by atoms with Crippen LogP contribution in [0.25, 0.3) is 11.5 Å². The van der Waals surface area contributed by atoms with Crippen molar-refractivity contribution in [2.45, 2.75) is 43.9 Å². The number of fused-ring (bicyclic) bond motifs is 3. The number of phenols is 1. The molecule has 34 heavy (non-hydrogen) atoms. The lowest BCUT2D eigenvalue weighted by Gasteiger charge is -2.51. The maximum atomic E-state index is 13.6. The van der Waals surface area contributed by atoms with Gasteiger partial charge in [0, 0.05) is 23.6 Å². The molecule has 11 heteroatoms. The fraction of sp³-hybridized carbons (Fsp3) is 0.435. The number of halogens is 2. The van der Waals surface area contributed by atoms with E-state index in [1.807, 2.05) is 0 Å². The fourth-order valence-electron chi connectivity index (χ4n) is 5.01. The number of hydrogen-bond donors (Lipinski definition) is 2. The largest absolute Gasteiger partial charge is 0.503 e. The Bertz CT molecular complexity index is 1180. The quantitative estimate of drug-likeness (QED) is 0.560. The molecular formula is C23H23F2N5O4. The third-order valence-electron chi connectivity index (χ3n) is 7.26. The maximum absolute atomic E-state index is 13.6. The van der Waals surface area contributed by atoms with Gasteiger partial charge in [-0.25, -0.2) is 8.78 Å². The minimum absolute atomic E-state index is 0.0876. The molecule has 6 rings (SSSR count). The molecule has 2 aromatic heterocycles. The number of methoxy groups -OCH3 is 1. The van der Waals surface area contributed by atoms with E-state index in [0.717, 1.165) is 50.7 Å². The molecule has 0 unspecified atom stereocenters. The van der Waals surface area contributed by atoms with Gasteiger partial charge in [-0.2, -0.15) is 4.98 Å². The van der Waals surface area contributed by atoms with Crippen LogP contribution in [-0.4, -0.2) is 45.0 Å². The monoisotopic (exact) mass is 471 g/mol. The zero-order chi connectivity index (χ0) is 23.9. The zero-order valence-electron chi connectivity index (χ0n) is 18.5. The second kappa shape index (κ2) is 8.30. The summed E-state index contributed by atoms with van der Waals surface area (Å²) in [6, 6.07) is 5.07. The van der Waals surface area contributed by atoms with Crippen LogP contribution in [0.1, 0.15) is 54.8 Å². The van der Waals surface area contributed by atoms with Gasteiger partial charge in [-0.3, -0.25) is 4.79 Å². The van der Waals surface area contributed by atoms with Crippen LogP contribution in [0, 0.1) is 17.0 Å². The van der Waals surface area contributed by atoms with E-state index in [-0.39, 0.29) is 16.4 Å². The Balaban J connectivity index is 1.23. The van der Waals surface area contributed by atoms with Crippen molar-refractivity contribution in [3.8, 4) is 23.1 Å². The molecule has 3 saturated carbocycles. The zero-order valence-corrected chi connectivity index (χ0v) is 18.5. The summed E-state index contributed by atoms with van der Waals surface area (Å²) in [5.74, 6) is -2.62. The molecule has 9 nitrogen and oxygen atoms in total. The highest BCUT2D eigenvalue weighted by atomic mass is 19.1. The summed E-state index contributed by atoms with van der Waals surface area (Å²) in [6.45, 7) is 0.405. The molecule has 0 radical (unpaired) electrons. The first kappa shape index (κ1) is 22.2. The molecule has 0 atom stereocenters. The molecule has 2 heterocycles. The fourth-order valence-corrected chi connectivity index (χ4v) is 5.01. The molecule has 2 N–H and O–H groups in total. The molecule has 3 aliphatic carbocycles. The molecule has 1 amide bonds. The van der Waals surface area contributed by atoms with Gasteiger partial charge in [-0.05, 0) is 62.1 Å². The Morgan fingerprint density at radius 1 is 1.12 bits per heavy atom. The van der Waals surface area contributed by atoms with Crippen molar-refractivity contribution < 1.29 is 27.9 Å². The first-order valence-electron chi connectivity index (χ1n) is 11.0. The molecule has 1 aromatic carbocycles. The molecule has 3 aliphatic rings. The van der Waals surface area contributed by atoms with E-state index >= 15 is 0 Å². The van der Waals surface area contributed by atoms with Gasteiger partial charge in [-0.15, -0.1) is 10.2 Å². The Kier molecular flexibility index (Phi) is 5.41. The second-order valence-electron chi connectivity index (χ2n) is 9.14. The van der Waals surface area contributed by atoms with Crippen LogP contribution in [0.4, 0.5) is 8.78 Å². The van der Waals surface area contributed by atoms with E-state index in [2.05, 4.69) is 25.7 Å². The van der Waals surface area contributed by atoms with Gasteiger partial charge in [0.25, 0.3) is 5.91 Å². The number of benzene rings is 1. The van der Waals surface area contributed by atoms with Crippen molar-refractivity contribution >= 4 is 5.91 Å². The number of carbonyl (C=O) groups excluding carboxylic acids is 1. The number of nitrogens with zero attached hydrogens (tertiary/aromatic N) is 4. The number of nitrogens with one attached hydrogen (secondary N) is 1. The third kappa shape index (κ3) is 3.84. The summed E-state index contributed by atoms with van der Waals surface area (Å²) in [5, 5.41) is 24.1. The lowest BCUT2D eigenvalue weighted by molar-refractivity contribution is 0.0229. The van der Waals surface area contributed by atoms with E-state index in [9.17, 15) is 18.7 Å². The summed E-state index contributed by atoms with van der Waals surface area (Å²) >= 11 is 0. The number of hydrogen-bond acceptors (Lipinski definition) is 8. The smallest absolute Gasteiger partial charge is 0.251 e. The normalized spacial score (nSPS) is 23.6. The highest BCUT2D eigenvalue weighted by Crippen LogP contribution is 2.57. The molecular weight excluding hydrogens is 448 g/mol. The summed E-state index contributed by atoms with van der Waals surface area (Å²) in [5.41, 5.74) is 0.0405. The predicted molar refractivity (Wildman–Crippen MR) is 114 cm³/mol. The molecule has 0 saturated heterocycles. The van der Waals surface area contributed by atoms with E-state index in [0.29, 0.717) is 29.8 Å². The van der Waals surface area contributed by atoms with Crippen LogP contribution < -0.4 is 10.1 Å². The highest BCUT2D eigenvalue weighted by Gasteiger charge is 2.52. The summed E-state index contributed by atoms with van der Waals surface area (Å²) in [6.07, 6.45) is 5.06. The standard InChI is InChI=1S/C23H23F2N5O4/c1-33-17-3-2-16(28-29-17)19-27-21(34-30-19)23-7-4-22(5-8-23,6-9-23)12-26-20(32)13-10-14(24)18(31)15(25)11-13/h2-3,10-11,31H,4-9,12H2,1H3,(H,26,32). The predicted octanol–water partition coefficient (Wildman–Crippen LogP) is 3.54. The second-order valence-corrected chi connectivity index (χ2v) is 9.14. The van der Waals surface area contributed by atoms with E-state index in [1.54, 1.807) is 12.1 Å². The Hall–Kier alpha value is -3.63. The number of amides is 1. The number of rotatable bonds is 6. The number of phenolic OH excluding ortho intramolecular Hbond substituents is 1. The van der Waals surface area contributed by atoms with Gasteiger partial charge >= 0.3 is 0 Å². The van der Waals surface area contributed by atoms with Crippen LogP contribution in [0.15, 0.2) is 28.8 Å². The van der Waals surface area contributed by atoms with Crippen molar-refractivity contribution in [3.63, 3.8) is 0 Å². The number of ether oxygens (including phenoxy) is 1. The topological polar surface area (TPSA) is 123 Å². The van der Waals surface area contributed by atoms with E-state index in [4.69, 9.17) is 9.26 Å². The lowest BCUT2D eigenvalue weighted by atomic mass is 9.53. The number of carbonyl (C=O) groups is 1. The molecule has 2 bridgehead atoms. The van der Waals surface area contributed by atoms with Gasteiger partial charge in [0.1, 0.15) is 5.69 Å². The van der Waals surface area contributed by atoms with Crippen molar-refractivity contribution in [2.75, 3.05) is 13.7 Å². The van der Waals surface area contributed by atoms with Crippen LogP contribution in [0.3, 0.4) is 0 Å². The first-order chi connectivity index (χ1) is 16.3.